The van der Waals surface area contributed by atoms with Gasteiger partial charge in [-0.15, -0.1) is 0 Å². The number of nitro groups is 1. The van der Waals surface area contributed by atoms with Crippen LogP contribution in [0.2, 0.25) is 0 Å². The lowest BCUT2D eigenvalue weighted by Gasteiger charge is -2.10. The molecule has 3 rings (SSSR count). The topological polar surface area (TPSA) is 144 Å². The van der Waals surface area contributed by atoms with Crippen LogP contribution in [0, 0.1) is 10.1 Å². The summed E-state index contributed by atoms with van der Waals surface area (Å²) in [5.74, 6) is -0.0206. The Bertz CT molecular complexity index is 1270. The van der Waals surface area contributed by atoms with E-state index in [4.69, 9.17) is 16.6 Å². The maximum Gasteiger partial charge on any atom is 0.269 e. The Balaban J connectivity index is 1.51. The van der Waals surface area contributed by atoms with Crippen molar-refractivity contribution in [3.05, 3.63) is 94.4 Å². The highest BCUT2D eigenvalue weighted by atomic mass is 32.2. The van der Waals surface area contributed by atoms with Gasteiger partial charge in [-0.1, -0.05) is 0 Å². The van der Waals surface area contributed by atoms with Crippen LogP contribution in [0.5, 0.6) is 0 Å². The Labute approximate surface area is 194 Å². The molecule has 3 aromatic rings. The van der Waals surface area contributed by atoms with Gasteiger partial charge in [0.2, 0.25) is 15.9 Å². The minimum atomic E-state index is -3.73. The van der Waals surface area contributed by atoms with Crippen LogP contribution in [0.25, 0.3) is 6.08 Å². The first-order valence-corrected chi connectivity index (χ1v) is 11.3. The molecule has 0 aliphatic carbocycles. The van der Waals surface area contributed by atoms with E-state index < -0.39 is 20.9 Å². The highest BCUT2D eigenvalue weighted by molar-refractivity contribution is 7.89. The van der Waals surface area contributed by atoms with E-state index in [0.29, 0.717) is 17.0 Å². The number of benzene rings is 2. The Morgan fingerprint density at radius 3 is 2.39 bits per heavy atom. The van der Waals surface area contributed by atoms with Gasteiger partial charge in [-0.25, -0.2) is 13.1 Å². The number of amides is 1. The third-order valence-corrected chi connectivity index (χ3v) is 5.83. The summed E-state index contributed by atoms with van der Waals surface area (Å²) in [7, 11) is -3.73. The van der Waals surface area contributed by atoms with E-state index in [0.717, 1.165) is 0 Å². The van der Waals surface area contributed by atoms with E-state index >= 15 is 0 Å². The van der Waals surface area contributed by atoms with E-state index in [1.165, 1.54) is 66.9 Å². The Morgan fingerprint density at radius 1 is 1.09 bits per heavy atom. The number of anilines is 1. The van der Waals surface area contributed by atoms with Gasteiger partial charge in [0.05, 0.1) is 22.6 Å². The largest absolute Gasteiger partial charge is 0.468 e. The van der Waals surface area contributed by atoms with E-state index in [-0.39, 0.29) is 22.2 Å². The zero-order valence-electron chi connectivity index (χ0n) is 16.9. The number of furan rings is 1. The van der Waals surface area contributed by atoms with Gasteiger partial charge in [0.1, 0.15) is 5.76 Å². The lowest BCUT2D eigenvalue weighted by atomic mass is 10.2. The fourth-order valence-corrected chi connectivity index (χ4v) is 3.79. The van der Waals surface area contributed by atoms with Crippen molar-refractivity contribution < 1.29 is 22.6 Å². The number of sulfonamides is 1. The molecule has 0 saturated carbocycles. The fourth-order valence-electron chi connectivity index (χ4n) is 2.58. The number of nitro benzene ring substituents is 1. The van der Waals surface area contributed by atoms with Crippen LogP contribution < -0.4 is 15.4 Å². The van der Waals surface area contributed by atoms with Crippen LogP contribution in [0.1, 0.15) is 11.3 Å². The number of hydrogen-bond acceptors (Lipinski definition) is 7. The van der Waals surface area contributed by atoms with E-state index in [1.54, 1.807) is 12.1 Å². The standard InChI is InChI=1S/C21H18N4O6S2/c26-20(12-5-15-3-8-17(9-4-15)25(27)28)24-21(32)23-16-6-10-19(11-7-16)33(29,30)22-14-18-2-1-13-31-18/h1-13,22H,14H2,(H2,23,24,26,32)/b12-5+. The number of non-ortho nitro benzene ring substituents is 1. The van der Waals surface area contributed by atoms with E-state index in [9.17, 15) is 23.3 Å². The third-order valence-electron chi connectivity index (χ3n) is 4.21. The first kappa shape index (κ1) is 23.8. The van der Waals surface area contributed by atoms with Crippen LogP contribution in [-0.2, 0) is 21.4 Å². The summed E-state index contributed by atoms with van der Waals surface area (Å²) in [4.78, 5) is 22.2. The van der Waals surface area contributed by atoms with Gasteiger partial charge in [-0.3, -0.25) is 20.2 Å². The molecule has 0 atom stereocenters. The Morgan fingerprint density at radius 2 is 1.79 bits per heavy atom. The van der Waals surface area contributed by atoms with E-state index in [2.05, 4.69) is 15.4 Å². The molecule has 10 nitrogen and oxygen atoms in total. The second-order valence-corrected chi connectivity index (χ2v) is 8.73. The molecule has 0 aliphatic heterocycles. The molecule has 0 spiro atoms. The van der Waals surface area contributed by atoms with Crippen molar-refractivity contribution in [2.45, 2.75) is 11.4 Å². The lowest BCUT2D eigenvalue weighted by Crippen LogP contribution is -2.32. The van der Waals surface area contributed by atoms with Crippen molar-refractivity contribution in [1.29, 1.82) is 0 Å². The van der Waals surface area contributed by atoms with E-state index in [1.807, 2.05) is 0 Å². The molecule has 0 bridgehead atoms. The number of carbonyl (C=O) groups excluding carboxylic acids is 1. The minimum Gasteiger partial charge on any atom is -0.468 e. The van der Waals surface area contributed by atoms with Crippen LogP contribution in [0.4, 0.5) is 11.4 Å². The molecule has 0 aliphatic rings. The monoisotopic (exact) mass is 486 g/mol. The summed E-state index contributed by atoms with van der Waals surface area (Å²) in [5, 5.41) is 15.9. The highest BCUT2D eigenvalue weighted by Crippen LogP contribution is 2.15. The summed E-state index contributed by atoms with van der Waals surface area (Å²) in [5.41, 5.74) is 1.03. The maximum atomic E-state index is 12.4. The molecule has 1 amide bonds. The van der Waals surface area contributed by atoms with Crippen LogP contribution >= 0.6 is 12.2 Å². The summed E-state index contributed by atoms with van der Waals surface area (Å²) >= 11 is 5.09. The summed E-state index contributed by atoms with van der Waals surface area (Å²) in [6.45, 7) is 0.0266. The van der Waals surface area contributed by atoms with Gasteiger partial charge in [-0.2, -0.15) is 0 Å². The molecule has 1 heterocycles. The van der Waals surface area contributed by atoms with Gasteiger partial charge in [0.25, 0.3) is 5.69 Å². The molecule has 0 radical (unpaired) electrons. The SMILES string of the molecule is O=C(/C=C/c1ccc([N+](=O)[O-])cc1)NC(=S)Nc1ccc(S(=O)(=O)NCc2ccco2)cc1. The van der Waals surface area contributed by atoms with Crippen molar-refractivity contribution in [2.75, 3.05) is 5.32 Å². The summed E-state index contributed by atoms with van der Waals surface area (Å²) in [6, 6.07) is 14.8. The highest BCUT2D eigenvalue weighted by Gasteiger charge is 2.14. The number of nitrogens with zero attached hydrogens (tertiary/aromatic N) is 1. The molecular formula is C21H18N4O6S2. The number of rotatable bonds is 8. The van der Waals surface area contributed by atoms with Crippen LogP contribution in [-0.4, -0.2) is 24.4 Å². The third kappa shape index (κ3) is 7.07. The smallest absolute Gasteiger partial charge is 0.269 e. The lowest BCUT2D eigenvalue weighted by molar-refractivity contribution is -0.384. The van der Waals surface area contributed by atoms with Gasteiger partial charge in [0, 0.05) is 23.9 Å². The summed E-state index contributed by atoms with van der Waals surface area (Å²) in [6.07, 6.45) is 4.17. The molecule has 33 heavy (non-hydrogen) atoms. The zero-order chi connectivity index (χ0) is 23.8. The van der Waals surface area contributed by atoms with Crippen LogP contribution in [0.3, 0.4) is 0 Å². The average Bonchev–Trinajstić information content (AvgIpc) is 3.31. The maximum absolute atomic E-state index is 12.4. The number of hydrogen-bond donors (Lipinski definition) is 3. The van der Waals surface area contributed by atoms with Gasteiger partial charge < -0.3 is 9.73 Å². The molecule has 0 fully saturated rings. The average molecular weight is 487 g/mol. The quantitative estimate of drug-likeness (QED) is 0.191. The molecular weight excluding hydrogens is 468 g/mol. The molecule has 12 heteroatoms. The van der Waals surface area contributed by atoms with Crippen molar-refractivity contribution in [2.24, 2.45) is 0 Å². The summed E-state index contributed by atoms with van der Waals surface area (Å²) < 4.78 is 32.2. The normalized spacial score (nSPS) is 11.3. The first-order chi connectivity index (χ1) is 15.7. The molecule has 2 aromatic carbocycles. The zero-order valence-corrected chi connectivity index (χ0v) is 18.6. The number of nitrogens with one attached hydrogen (secondary N) is 3. The molecule has 3 N–H and O–H groups in total. The second-order valence-electron chi connectivity index (χ2n) is 6.55. The van der Waals surface area contributed by atoms with Crippen molar-refractivity contribution in [3.63, 3.8) is 0 Å². The molecule has 0 saturated heterocycles. The van der Waals surface area contributed by atoms with Crippen LogP contribution in [0.15, 0.2) is 82.3 Å². The van der Waals surface area contributed by atoms with Gasteiger partial charge in [-0.05, 0) is 72.4 Å². The van der Waals surface area contributed by atoms with Crippen molar-refractivity contribution in [3.8, 4) is 0 Å². The predicted octanol–water partition coefficient (Wildman–Crippen LogP) is 3.19. The minimum absolute atomic E-state index is 0.0138. The van der Waals surface area contributed by atoms with Crippen molar-refractivity contribution >= 4 is 50.7 Å². The predicted molar refractivity (Wildman–Crippen MR) is 126 cm³/mol. The molecule has 170 valence electrons. The Hall–Kier alpha value is -3.87. The molecule has 1 aromatic heterocycles. The fraction of sp³-hybridized carbons (Fsp3) is 0.0476. The molecule has 0 unspecified atom stereocenters. The Kier molecular flexibility index (Phi) is 7.66. The first-order valence-electron chi connectivity index (χ1n) is 9.39. The van der Waals surface area contributed by atoms with Crippen molar-refractivity contribution in [1.82, 2.24) is 10.0 Å². The van der Waals surface area contributed by atoms with Gasteiger partial charge >= 0.3 is 0 Å². The van der Waals surface area contributed by atoms with Gasteiger partial charge in [0.15, 0.2) is 5.11 Å². The second kappa shape index (κ2) is 10.6. The number of thiocarbonyl (C=S) groups is 1. The number of carbonyl (C=O) groups is 1.